The Morgan fingerprint density at radius 1 is 1.55 bits per heavy atom. The summed E-state index contributed by atoms with van der Waals surface area (Å²) in [6, 6.07) is 0. The van der Waals surface area contributed by atoms with E-state index >= 15 is 0 Å². The van der Waals surface area contributed by atoms with Gasteiger partial charge in [-0.15, -0.1) is 0 Å². The molecule has 0 aromatic heterocycles. The lowest BCUT2D eigenvalue weighted by molar-refractivity contribution is -0.147. The number of methoxy groups -OCH3 is 1. The maximum absolute atomic E-state index is 11.0. The summed E-state index contributed by atoms with van der Waals surface area (Å²) in [6.45, 7) is 4.72. The van der Waals surface area contributed by atoms with E-state index in [-0.39, 0.29) is 11.9 Å². The second-order valence-corrected chi connectivity index (χ2v) is 2.43. The molecule has 0 N–H and O–H groups in total. The molecule has 0 aliphatic heterocycles. The fourth-order valence-corrected chi connectivity index (χ4v) is 0.697. The monoisotopic (exact) mass is 160 g/mol. The summed E-state index contributed by atoms with van der Waals surface area (Å²) in [5.74, 6) is -0.181. The first-order valence-corrected chi connectivity index (χ1v) is 3.88. The summed E-state index contributed by atoms with van der Waals surface area (Å²) < 4.78 is 9.64. The Labute approximate surface area is 67.7 Å². The van der Waals surface area contributed by atoms with Gasteiger partial charge in [0.25, 0.3) is 0 Å². The maximum atomic E-state index is 11.0. The molecule has 0 spiro atoms. The third-order valence-electron chi connectivity index (χ3n) is 1.44. The molecule has 11 heavy (non-hydrogen) atoms. The van der Waals surface area contributed by atoms with Gasteiger partial charge < -0.3 is 9.47 Å². The maximum Gasteiger partial charge on any atom is 0.308 e. The molecule has 0 aliphatic rings. The standard InChI is InChI=1S/C8H16O3/c1-4-11-8(9)7(2)5-6-10-3/h7H,4-6H2,1-3H3. The quantitative estimate of drug-likeness (QED) is 0.567. The molecular formula is C8H16O3. The highest BCUT2D eigenvalue weighted by Crippen LogP contribution is 2.03. The molecule has 0 aliphatic carbocycles. The van der Waals surface area contributed by atoms with E-state index in [1.54, 1.807) is 14.0 Å². The van der Waals surface area contributed by atoms with Gasteiger partial charge in [-0.25, -0.2) is 0 Å². The second-order valence-electron chi connectivity index (χ2n) is 2.43. The summed E-state index contributed by atoms with van der Waals surface area (Å²) in [4.78, 5) is 11.0. The number of hydrogen-bond acceptors (Lipinski definition) is 3. The molecule has 0 aromatic rings. The first-order valence-electron chi connectivity index (χ1n) is 3.88. The van der Waals surface area contributed by atoms with E-state index in [2.05, 4.69) is 0 Å². The van der Waals surface area contributed by atoms with Crippen LogP contribution in [0.5, 0.6) is 0 Å². The smallest absolute Gasteiger partial charge is 0.308 e. The van der Waals surface area contributed by atoms with E-state index in [9.17, 15) is 4.79 Å². The molecule has 0 amide bonds. The van der Waals surface area contributed by atoms with Gasteiger partial charge in [-0.05, 0) is 13.3 Å². The number of carbonyl (C=O) groups is 1. The Kier molecular flexibility index (Phi) is 5.84. The van der Waals surface area contributed by atoms with Gasteiger partial charge in [-0.1, -0.05) is 6.92 Å². The highest BCUT2D eigenvalue weighted by Gasteiger charge is 2.12. The van der Waals surface area contributed by atoms with Crippen molar-refractivity contribution in [2.75, 3.05) is 20.3 Å². The molecule has 66 valence electrons. The Morgan fingerprint density at radius 3 is 2.64 bits per heavy atom. The van der Waals surface area contributed by atoms with Crippen molar-refractivity contribution < 1.29 is 14.3 Å². The largest absolute Gasteiger partial charge is 0.466 e. The lowest BCUT2D eigenvalue weighted by Gasteiger charge is -2.08. The van der Waals surface area contributed by atoms with Crippen molar-refractivity contribution in [3.63, 3.8) is 0 Å². The lowest BCUT2D eigenvalue weighted by atomic mass is 10.1. The highest BCUT2D eigenvalue weighted by molar-refractivity contribution is 5.71. The van der Waals surface area contributed by atoms with Gasteiger partial charge in [-0.3, -0.25) is 4.79 Å². The average molecular weight is 160 g/mol. The zero-order valence-electron chi connectivity index (χ0n) is 7.42. The van der Waals surface area contributed by atoms with E-state index in [0.717, 1.165) is 6.42 Å². The van der Waals surface area contributed by atoms with E-state index in [4.69, 9.17) is 9.47 Å². The molecule has 0 heterocycles. The van der Waals surface area contributed by atoms with Crippen LogP contribution in [0.3, 0.4) is 0 Å². The summed E-state index contributed by atoms with van der Waals surface area (Å²) in [5, 5.41) is 0. The minimum Gasteiger partial charge on any atom is -0.466 e. The lowest BCUT2D eigenvalue weighted by Crippen LogP contribution is -2.16. The topological polar surface area (TPSA) is 35.5 Å². The minimum atomic E-state index is -0.135. The summed E-state index contributed by atoms with van der Waals surface area (Å²) in [5.41, 5.74) is 0. The molecule has 0 saturated heterocycles. The molecule has 0 rings (SSSR count). The predicted molar refractivity (Wildman–Crippen MR) is 42.3 cm³/mol. The zero-order valence-corrected chi connectivity index (χ0v) is 7.42. The summed E-state index contributed by atoms with van der Waals surface area (Å²) in [6.07, 6.45) is 0.731. The van der Waals surface area contributed by atoms with Gasteiger partial charge in [0.05, 0.1) is 12.5 Å². The first-order chi connectivity index (χ1) is 5.22. The van der Waals surface area contributed by atoms with Crippen LogP contribution >= 0.6 is 0 Å². The molecule has 1 atom stereocenters. The third kappa shape index (κ3) is 4.79. The highest BCUT2D eigenvalue weighted by atomic mass is 16.5. The molecule has 0 bridgehead atoms. The van der Waals surface area contributed by atoms with Crippen molar-refractivity contribution in [2.24, 2.45) is 5.92 Å². The van der Waals surface area contributed by atoms with E-state index in [1.807, 2.05) is 6.92 Å². The fourth-order valence-electron chi connectivity index (χ4n) is 0.697. The van der Waals surface area contributed by atoms with Gasteiger partial charge in [0.2, 0.25) is 0 Å². The third-order valence-corrected chi connectivity index (χ3v) is 1.44. The summed E-state index contributed by atoms with van der Waals surface area (Å²) in [7, 11) is 1.62. The number of carbonyl (C=O) groups excluding carboxylic acids is 1. The molecule has 1 unspecified atom stereocenters. The van der Waals surface area contributed by atoms with Gasteiger partial charge in [-0.2, -0.15) is 0 Å². The first kappa shape index (κ1) is 10.4. The molecular weight excluding hydrogens is 144 g/mol. The zero-order chi connectivity index (χ0) is 8.69. The van der Waals surface area contributed by atoms with E-state index in [1.165, 1.54) is 0 Å². The van der Waals surface area contributed by atoms with Crippen molar-refractivity contribution in [3.8, 4) is 0 Å². The van der Waals surface area contributed by atoms with Gasteiger partial charge in [0.1, 0.15) is 0 Å². The van der Waals surface area contributed by atoms with Gasteiger partial charge in [0, 0.05) is 13.7 Å². The average Bonchev–Trinajstić information content (AvgIpc) is 2.00. The van der Waals surface area contributed by atoms with Crippen molar-refractivity contribution in [1.29, 1.82) is 0 Å². The Bertz CT molecular complexity index is 112. The molecule has 0 aromatic carbocycles. The molecule has 0 radical (unpaired) electrons. The number of esters is 1. The van der Waals surface area contributed by atoms with Crippen LogP contribution in [0.25, 0.3) is 0 Å². The molecule has 0 saturated carbocycles. The van der Waals surface area contributed by atoms with Crippen molar-refractivity contribution in [3.05, 3.63) is 0 Å². The van der Waals surface area contributed by atoms with Gasteiger partial charge >= 0.3 is 5.97 Å². The van der Waals surface area contributed by atoms with Crippen LogP contribution in [-0.2, 0) is 14.3 Å². The predicted octanol–water partition coefficient (Wildman–Crippen LogP) is 1.22. The van der Waals surface area contributed by atoms with Gasteiger partial charge in [0.15, 0.2) is 0 Å². The Balaban J connectivity index is 3.46. The van der Waals surface area contributed by atoms with Crippen molar-refractivity contribution in [1.82, 2.24) is 0 Å². The van der Waals surface area contributed by atoms with Crippen LogP contribution in [0.15, 0.2) is 0 Å². The van der Waals surface area contributed by atoms with Crippen LogP contribution in [0.2, 0.25) is 0 Å². The number of hydrogen-bond donors (Lipinski definition) is 0. The van der Waals surface area contributed by atoms with E-state index in [0.29, 0.717) is 13.2 Å². The minimum absolute atomic E-state index is 0.0464. The number of ether oxygens (including phenoxy) is 2. The van der Waals surface area contributed by atoms with Crippen LogP contribution in [0.1, 0.15) is 20.3 Å². The fraction of sp³-hybridized carbons (Fsp3) is 0.875. The Morgan fingerprint density at radius 2 is 2.18 bits per heavy atom. The van der Waals surface area contributed by atoms with Crippen LogP contribution in [-0.4, -0.2) is 26.3 Å². The molecule has 0 fully saturated rings. The summed E-state index contributed by atoms with van der Waals surface area (Å²) >= 11 is 0. The second kappa shape index (κ2) is 6.16. The SMILES string of the molecule is CCOC(=O)C(C)CCOC. The molecule has 3 heteroatoms. The number of rotatable bonds is 5. The van der Waals surface area contributed by atoms with E-state index < -0.39 is 0 Å². The van der Waals surface area contributed by atoms with Crippen LogP contribution in [0, 0.1) is 5.92 Å². The van der Waals surface area contributed by atoms with Crippen molar-refractivity contribution >= 4 is 5.97 Å². The van der Waals surface area contributed by atoms with Crippen molar-refractivity contribution in [2.45, 2.75) is 20.3 Å². The Hall–Kier alpha value is -0.570. The molecule has 3 nitrogen and oxygen atoms in total. The normalized spacial score (nSPS) is 12.6. The van der Waals surface area contributed by atoms with Crippen LogP contribution < -0.4 is 0 Å². The van der Waals surface area contributed by atoms with Crippen LogP contribution in [0.4, 0.5) is 0 Å².